The molecule has 3 aromatic rings. The number of hydrogen-bond acceptors (Lipinski definition) is 2. The van der Waals surface area contributed by atoms with Crippen LogP contribution in [0.5, 0.6) is 0 Å². The highest BCUT2D eigenvalue weighted by molar-refractivity contribution is 7.99. The summed E-state index contributed by atoms with van der Waals surface area (Å²) in [4.78, 5) is 13.0. The Morgan fingerprint density at radius 2 is 1.71 bits per heavy atom. The molecular weight excluding hydrogens is 304 g/mol. The summed E-state index contributed by atoms with van der Waals surface area (Å²) in [7, 11) is 0. The van der Waals surface area contributed by atoms with E-state index < -0.39 is 5.97 Å². The van der Waals surface area contributed by atoms with Crippen molar-refractivity contribution in [3.05, 3.63) is 71.2 Å². The highest BCUT2D eigenvalue weighted by Crippen LogP contribution is 2.33. The molecule has 0 amide bonds. The van der Waals surface area contributed by atoms with Crippen molar-refractivity contribution in [1.82, 2.24) is 0 Å². The fourth-order valence-electron chi connectivity index (χ4n) is 2.12. The fourth-order valence-corrected chi connectivity index (χ4v) is 3.26. The van der Waals surface area contributed by atoms with Crippen LogP contribution in [0.25, 0.3) is 10.8 Å². The average Bonchev–Trinajstić information content (AvgIpc) is 2.49. The van der Waals surface area contributed by atoms with Crippen LogP contribution in [-0.2, 0) is 0 Å². The molecule has 0 bridgehead atoms. The van der Waals surface area contributed by atoms with E-state index in [4.69, 9.17) is 11.6 Å². The van der Waals surface area contributed by atoms with Gasteiger partial charge in [-0.3, -0.25) is 0 Å². The second-order valence-electron chi connectivity index (χ2n) is 4.56. The zero-order chi connectivity index (χ0) is 14.8. The van der Waals surface area contributed by atoms with Crippen LogP contribution in [0.4, 0.5) is 0 Å². The maximum Gasteiger partial charge on any atom is 0.336 e. The molecule has 0 aromatic heterocycles. The summed E-state index contributed by atoms with van der Waals surface area (Å²) in [5.74, 6) is -0.971. The molecule has 0 heterocycles. The molecule has 0 aliphatic rings. The number of carbonyl (C=O) groups is 1. The highest BCUT2D eigenvalue weighted by Gasteiger charge is 2.12. The van der Waals surface area contributed by atoms with Gasteiger partial charge in [-0.05, 0) is 41.1 Å². The predicted octanol–water partition coefficient (Wildman–Crippen LogP) is 5.34. The van der Waals surface area contributed by atoms with Gasteiger partial charge in [-0.15, -0.1) is 0 Å². The normalized spacial score (nSPS) is 10.7. The van der Waals surface area contributed by atoms with Gasteiger partial charge in [0.25, 0.3) is 0 Å². The molecule has 0 atom stereocenters. The highest BCUT2D eigenvalue weighted by atomic mass is 35.5. The summed E-state index contributed by atoms with van der Waals surface area (Å²) < 4.78 is 0. The summed E-state index contributed by atoms with van der Waals surface area (Å²) in [6.07, 6.45) is 0. The van der Waals surface area contributed by atoms with Crippen molar-refractivity contribution >= 4 is 40.1 Å². The van der Waals surface area contributed by atoms with Gasteiger partial charge in [0.05, 0.1) is 5.56 Å². The van der Waals surface area contributed by atoms with Crippen molar-refractivity contribution in [2.24, 2.45) is 0 Å². The minimum Gasteiger partial charge on any atom is -0.478 e. The number of hydrogen-bond donors (Lipinski definition) is 1. The monoisotopic (exact) mass is 314 g/mol. The Morgan fingerprint density at radius 1 is 0.952 bits per heavy atom. The molecule has 4 heteroatoms. The van der Waals surface area contributed by atoms with Crippen LogP contribution in [0.1, 0.15) is 10.4 Å². The Hall–Kier alpha value is -1.97. The van der Waals surface area contributed by atoms with Crippen molar-refractivity contribution in [1.29, 1.82) is 0 Å². The van der Waals surface area contributed by atoms with Gasteiger partial charge < -0.3 is 5.11 Å². The molecule has 0 unspecified atom stereocenters. The summed E-state index contributed by atoms with van der Waals surface area (Å²) in [5.41, 5.74) is 0.223. The Kier molecular flexibility index (Phi) is 3.86. The Balaban J connectivity index is 2.00. The first kappa shape index (κ1) is 14.0. The molecule has 0 aliphatic heterocycles. The third-order valence-electron chi connectivity index (χ3n) is 3.12. The maximum atomic E-state index is 11.3. The lowest BCUT2D eigenvalue weighted by Gasteiger charge is -2.07. The molecule has 0 aliphatic carbocycles. The molecule has 104 valence electrons. The third-order valence-corrected chi connectivity index (χ3v) is 4.42. The van der Waals surface area contributed by atoms with Crippen molar-refractivity contribution in [3.63, 3.8) is 0 Å². The van der Waals surface area contributed by atoms with Crippen LogP contribution in [0.3, 0.4) is 0 Å². The summed E-state index contributed by atoms with van der Waals surface area (Å²) in [6.45, 7) is 0. The third kappa shape index (κ3) is 3.04. The van der Waals surface area contributed by atoms with Crippen LogP contribution in [0.15, 0.2) is 70.5 Å². The first-order chi connectivity index (χ1) is 10.1. The number of halogens is 1. The number of carboxylic acid groups (broad SMARTS) is 1. The first-order valence-corrected chi connectivity index (χ1v) is 7.52. The van der Waals surface area contributed by atoms with Crippen molar-refractivity contribution in [2.75, 3.05) is 0 Å². The van der Waals surface area contributed by atoms with E-state index in [1.165, 1.54) is 17.8 Å². The number of fused-ring (bicyclic) bond motifs is 1. The van der Waals surface area contributed by atoms with Gasteiger partial charge >= 0.3 is 5.97 Å². The minimum absolute atomic E-state index is 0.223. The molecule has 0 saturated heterocycles. The van der Waals surface area contributed by atoms with Gasteiger partial charge in [-0.1, -0.05) is 53.7 Å². The van der Waals surface area contributed by atoms with Gasteiger partial charge in [0.15, 0.2) is 0 Å². The molecule has 0 radical (unpaired) electrons. The second kappa shape index (κ2) is 5.80. The van der Waals surface area contributed by atoms with Gasteiger partial charge in [-0.2, -0.15) is 0 Å². The Labute approximate surface area is 131 Å². The number of carboxylic acids is 1. The standard InChI is InChI=1S/C17H11ClO2S/c18-13-6-8-16(15(10-13)17(19)20)21-14-7-5-11-3-1-2-4-12(11)9-14/h1-10H,(H,19,20). The Bertz CT molecular complexity index is 830. The lowest BCUT2D eigenvalue weighted by atomic mass is 10.1. The Morgan fingerprint density at radius 3 is 2.48 bits per heavy atom. The van der Waals surface area contributed by atoms with Crippen LogP contribution in [-0.4, -0.2) is 11.1 Å². The van der Waals surface area contributed by atoms with Crippen molar-refractivity contribution in [2.45, 2.75) is 9.79 Å². The largest absolute Gasteiger partial charge is 0.478 e. The smallest absolute Gasteiger partial charge is 0.336 e. The average molecular weight is 315 g/mol. The van der Waals surface area contributed by atoms with Gasteiger partial charge in [-0.25, -0.2) is 4.79 Å². The molecule has 0 saturated carbocycles. The van der Waals surface area contributed by atoms with Gasteiger partial charge in [0, 0.05) is 14.8 Å². The minimum atomic E-state index is -0.971. The van der Waals surface area contributed by atoms with E-state index in [0.29, 0.717) is 9.92 Å². The van der Waals surface area contributed by atoms with E-state index in [1.807, 2.05) is 30.3 Å². The maximum absolute atomic E-state index is 11.3. The zero-order valence-electron chi connectivity index (χ0n) is 10.9. The molecular formula is C17H11ClO2S. The van der Waals surface area contributed by atoms with Gasteiger partial charge in [0.2, 0.25) is 0 Å². The predicted molar refractivity (Wildman–Crippen MR) is 86.5 cm³/mol. The van der Waals surface area contributed by atoms with E-state index in [9.17, 15) is 9.90 Å². The van der Waals surface area contributed by atoms with E-state index in [0.717, 1.165) is 15.7 Å². The van der Waals surface area contributed by atoms with Gasteiger partial charge in [0.1, 0.15) is 0 Å². The molecule has 21 heavy (non-hydrogen) atoms. The zero-order valence-corrected chi connectivity index (χ0v) is 12.5. The van der Waals surface area contributed by atoms with Crippen LogP contribution >= 0.6 is 23.4 Å². The quantitative estimate of drug-likeness (QED) is 0.708. The number of aromatic carboxylic acids is 1. The molecule has 0 spiro atoms. The molecule has 3 rings (SSSR count). The molecule has 3 aromatic carbocycles. The molecule has 1 N–H and O–H groups in total. The fraction of sp³-hybridized carbons (Fsp3) is 0. The van der Waals surface area contributed by atoms with Crippen molar-refractivity contribution < 1.29 is 9.90 Å². The summed E-state index contributed by atoms with van der Waals surface area (Å²) >= 11 is 7.30. The first-order valence-electron chi connectivity index (χ1n) is 6.33. The van der Waals surface area contributed by atoms with Crippen molar-refractivity contribution in [3.8, 4) is 0 Å². The number of rotatable bonds is 3. The van der Waals surface area contributed by atoms with Crippen LogP contribution < -0.4 is 0 Å². The molecule has 2 nitrogen and oxygen atoms in total. The summed E-state index contributed by atoms with van der Waals surface area (Å²) in [5, 5.41) is 12.0. The lowest BCUT2D eigenvalue weighted by molar-refractivity contribution is 0.0693. The van der Waals surface area contributed by atoms with Crippen LogP contribution in [0.2, 0.25) is 5.02 Å². The topological polar surface area (TPSA) is 37.3 Å². The van der Waals surface area contributed by atoms with E-state index in [2.05, 4.69) is 12.1 Å². The van der Waals surface area contributed by atoms with E-state index in [-0.39, 0.29) is 5.56 Å². The summed E-state index contributed by atoms with van der Waals surface area (Å²) in [6, 6.07) is 19.1. The van der Waals surface area contributed by atoms with E-state index >= 15 is 0 Å². The lowest BCUT2D eigenvalue weighted by Crippen LogP contribution is -1.98. The SMILES string of the molecule is O=C(O)c1cc(Cl)ccc1Sc1ccc2ccccc2c1. The van der Waals surface area contributed by atoms with E-state index in [1.54, 1.807) is 12.1 Å². The second-order valence-corrected chi connectivity index (χ2v) is 6.11. The molecule has 0 fully saturated rings. The van der Waals surface area contributed by atoms with Crippen LogP contribution in [0, 0.1) is 0 Å². The number of benzene rings is 3.